The molecule has 118 valence electrons. The van der Waals surface area contributed by atoms with E-state index >= 15 is 0 Å². The van der Waals surface area contributed by atoms with E-state index in [1.807, 2.05) is 22.1 Å². The van der Waals surface area contributed by atoms with Crippen LogP contribution < -0.4 is 0 Å². The molecule has 0 aliphatic rings. The van der Waals surface area contributed by atoms with Crippen molar-refractivity contribution in [2.45, 2.75) is 17.6 Å². The first-order chi connectivity index (χ1) is 11.2. The predicted molar refractivity (Wildman–Crippen MR) is 88.3 cm³/mol. The zero-order valence-corrected chi connectivity index (χ0v) is 13.5. The summed E-state index contributed by atoms with van der Waals surface area (Å²) >= 11 is 3.00. The van der Waals surface area contributed by atoms with E-state index in [0.717, 1.165) is 10.7 Å². The number of thioether (sulfide) groups is 1. The molecule has 0 fully saturated rings. The number of nitrogens with zero attached hydrogens (tertiary/aromatic N) is 6. The third kappa shape index (κ3) is 3.32. The van der Waals surface area contributed by atoms with Gasteiger partial charge >= 0.3 is 5.69 Å². The summed E-state index contributed by atoms with van der Waals surface area (Å²) in [6.45, 7) is 4.35. The van der Waals surface area contributed by atoms with Gasteiger partial charge in [0, 0.05) is 6.54 Å². The lowest BCUT2D eigenvalue weighted by atomic mass is 10.4. The zero-order chi connectivity index (χ0) is 16.2. The fourth-order valence-corrected chi connectivity index (χ4v) is 3.44. The summed E-state index contributed by atoms with van der Waals surface area (Å²) < 4.78 is 3.46. The van der Waals surface area contributed by atoms with Crippen LogP contribution in [0.1, 0.15) is 0 Å². The number of aromatic nitrogens is 5. The number of hydrogen-bond donors (Lipinski definition) is 0. The van der Waals surface area contributed by atoms with Crippen LogP contribution in [-0.2, 0) is 12.4 Å². The molecule has 0 saturated carbocycles. The Bertz CT molecular complexity index is 824. The van der Waals surface area contributed by atoms with Crippen LogP contribution in [0.4, 0.5) is 5.69 Å². The fraction of sp³-hybridized carbons (Fsp3) is 0.154. The molecule has 0 amide bonds. The Morgan fingerprint density at radius 1 is 1.48 bits per heavy atom. The molecule has 0 atom stereocenters. The summed E-state index contributed by atoms with van der Waals surface area (Å²) in [5, 5.41) is 25.8. The van der Waals surface area contributed by atoms with Crippen LogP contribution in [0.3, 0.4) is 0 Å². The van der Waals surface area contributed by atoms with Crippen molar-refractivity contribution in [1.29, 1.82) is 0 Å². The summed E-state index contributed by atoms with van der Waals surface area (Å²) in [5.74, 6) is 1.20. The van der Waals surface area contributed by atoms with Gasteiger partial charge in [0.05, 0.1) is 15.7 Å². The molecule has 0 unspecified atom stereocenters. The van der Waals surface area contributed by atoms with Gasteiger partial charge in [-0.2, -0.15) is 5.10 Å². The fourth-order valence-electron chi connectivity index (χ4n) is 1.92. The Balaban J connectivity index is 1.79. The molecule has 0 saturated heterocycles. The van der Waals surface area contributed by atoms with Gasteiger partial charge in [-0.25, -0.2) is 0 Å². The lowest BCUT2D eigenvalue weighted by Crippen LogP contribution is -2.01. The predicted octanol–water partition coefficient (Wildman–Crippen LogP) is 3.05. The largest absolute Gasteiger partial charge is 0.307 e. The van der Waals surface area contributed by atoms with Gasteiger partial charge in [-0.3, -0.25) is 19.4 Å². The van der Waals surface area contributed by atoms with Crippen molar-refractivity contribution in [3.8, 4) is 10.7 Å². The lowest BCUT2D eigenvalue weighted by molar-refractivity contribution is -0.385. The van der Waals surface area contributed by atoms with Crippen LogP contribution >= 0.6 is 23.1 Å². The van der Waals surface area contributed by atoms with Crippen LogP contribution in [0.25, 0.3) is 10.7 Å². The smallest absolute Gasteiger partial charge is 0.297 e. The molecule has 0 bridgehead atoms. The summed E-state index contributed by atoms with van der Waals surface area (Å²) in [7, 11) is 0. The Hall–Kier alpha value is -2.46. The Labute approximate surface area is 139 Å². The quantitative estimate of drug-likeness (QED) is 0.282. The first-order valence-corrected chi connectivity index (χ1v) is 8.43. The van der Waals surface area contributed by atoms with E-state index in [4.69, 9.17) is 0 Å². The zero-order valence-electron chi connectivity index (χ0n) is 11.9. The number of allylic oxidation sites excluding steroid dienone is 1. The van der Waals surface area contributed by atoms with Gasteiger partial charge in [0.2, 0.25) is 0 Å². The Morgan fingerprint density at radius 3 is 3.00 bits per heavy atom. The molecule has 0 spiro atoms. The van der Waals surface area contributed by atoms with E-state index in [9.17, 15) is 10.1 Å². The number of rotatable bonds is 7. The third-order valence-electron chi connectivity index (χ3n) is 2.93. The van der Waals surface area contributed by atoms with Crippen LogP contribution in [0.2, 0.25) is 0 Å². The maximum absolute atomic E-state index is 10.7. The molecule has 0 aliphatic carbocycles. The molecule has 23 heavy (non-hydrogen) atoms. The minimum atomic E-state index is -0.469. The SMILES string of the molecule is C=CCn1c(SCn2cc([N+](=O)[O-])cn2)nnc1-c1cccs1. The third-order valence-corrected chi connectivity index (χ3v) is 4.75. The maximum atomic E-state index is 10.7. The minimum absolute atomic E-state index is 0.0302. The highest BCUT2D eigenvalue weighted by Crippen LogP contribution is 2.28. The molecular weight excluding hydrogens is 336 g/mol. The van der Waals surface area contributed by atoms with Crippen LogP contribution in [0.5, 0.6) is 0 Å². The average molecular weight is 348 g/mol. The molecular formula is C13H12N6O2S2. The van der Waals surface area contributed by atoms with Crippen LogP contribution in [0.15, 0.2) is 47.7 Å². The summed E-state index contributed by atoms with van der Waals surface area (Å²) in [5.41, 5.74) is -0.0302. The maximum Gasteiger partial charge on any atom is 0.307 e. The minimum Gasteiger partial charge on any atom is -0.297 e. The summed E-state index contributed by atoms with van der Waals surface area (Å²) in [4.78, 5) is 11.2. The topological polar surface area (TPSA) is 91.7 Å². The molecule has 3 aromatic heterocycles. The first-order valence-electron chi connectivity index (χ1n) is 6.56. The van der Waals surface area contributed by atoms with Gasteiger partial charge in [-0.15, -0.1) is 28.1 Å². The van der Waals surface area contributed by atoms with E-state index in [1.54, 1.807) is 17.4 Å². The highest BCUT2D eigenvalue weighted by atomic mass is 32.2. The summed E-state index contributed by atoms with van der Waals surface area (Å²) in [6.07, 6.45) is 4.40. The molecule has 10 heteroatoms. The molecule has 3 aromatic rings. The average Bonchev–Trinajstić information content (AvgIpc) is 3.26. The summed E-state index contributed by atoms with van der Waals surface area (Å²) in [6, 6.07) is 3.95. The van der Waals surface area contributed by atoms with Crippen molar-refractivity contribution in [2.75, 3.05) is 0 Å². The molecule has 0 radical (unpaired) electrons. The van der Waals surface area contributed by atoms with Gasteiger partial charge in [-0.1, -0.05) is 23.9 Å². The standard InChI is InChI=1S/C13H12N6O2S2/c1-2-5-18-12(11-4-3-6-22-11)15-16-13(18)23-9-17-8-10(7-14-17)19(20)21/h2-4,6-8H,1,5,9H2. The Kier molecular flexibility index (Phi) is 4.53. The van der Waals surface area contributed by atoms with Crippen molar-refractivity contribution in [3.05, 3.63) is 52.7 Å². The van der Waals surface area contributed by atoms with E-state index in [-0.39, 0.29) is 5.69 Å². The highest BCUT2D eigenvalue weighted by molar-refractivity contribution is 7.98. The molecule has 0 aliphatic heterocycles. The second-order valence-corrected chi connectivity index (χ2v) is 6.31. The Morgan fingerprint density at radius 2 is 2.35 bits per heavy atom. The second-order valence-electron chi connectivity index (χ2n) is 4.45. The normalized spacial score (nSPS) is 10.8. The van der Waals surface area contributed by atoms with E-state index in [1.165, 1.54) is 28.8 Å². The molecule has 0 aromatic carbocycles. The number of nitro groups is 1. The van der Waals surface area contributed by atoms with Gasteiger partial charge in [0.15, 0.2) is 11.0 Å². The number of hydrogen-bond acceptors (Lipinski definition) is 7. The van der Waals surface area contributed by atoms with Crippen molar-refractivity contribution in [3.63, 3.8) is 0 Å². The van der Waals surface area contributed by atoms with Crippen molar-refractivity contribution in [2.24, 2.45) is 0 Å². The van der Waals surface area contributed by atoms with E-state index in [2.05, 4.69) is 21.9 Å². The van der Waals surface area contributed by atoms with Crippen molar-refractivity contribution >= 4 is 28.8 Å². The molecule has 3 heterocycles. The van der Waals surface area contributed by atoms with Gasteiger partial charge < -0.3 is 0 Å². The lowest BCUT2D eigenvalue weighted by Gasteiger charge is -2.06. The van der Waals surface area contributed by atoms with Crippen LogP contribution in [0, 0.1) is 10.1 Å². The molecule has 8 nitrogen and oxygen atoms in total. The second kappa shape index (κ2) is 6.75. The van der Waals surface area contributed by atoms with Gasteiger partial charge in [0.25, 0.3) is 0 Å². The van der Waals surface area contributed by atoms with Gasteiger partial charge in [-0.05, 0) is 11.4 Å². The van der Waals surface area contributed by atoms with E-state index < -0.39 is 4.92 Å². The number of thiophene rings is 1. The molecule has 3 rings (SSSR count). The first kappa shape index (κ1) is 15.4. The van der Waals surface area contributed by atoms with Crippen molar-refractivity contribution in [1.82, 2.24) is 24.5 Å². The highest BCUT2D eigenvalue weighted by Gasteiger charge is 2.15. The van der Waals surface area contributed by atoms with Crippen LogP contribution in [-0.4, -0.2) is 29.5 Å². The van der Waals surface area contributed by atoms with E-state index in [0.29, 0.717) is 17.6 Å². The monoisotopic (exact) mass is 348 g/mol. The van der Waals surface area contributed by atoms with Gasteiger partial charge in [0.1, 0.15) is 12.4 Å². The molecule has 0 N–H and O–H groups in total. The van der Waals surface area contributed by atoms with Crippen molar-refractivity contribution < 1.29 is 4.92 Å².